The van der Waals surface area contributed by atoms with E-state index < -0.39 is 17.5 Å². The van der Waals surface area contributed by atoms with Crippen LogP contribution >= 0.6 is 11.3 Å². The van der Waals surface area contributed by atoms with Gasteiger partial charge in [0, 0.05) is 17.0 Å². The number of hydrogen-bond acceptors (Lipinski definition) is 2. The van der Waals surface area contributed by atoms with E-state index in [1.807, 2.05) is 0 Å². The van der Waals surface area contributed by atoms with E-state index in [0.29, 0.717) is 12.1 Å². The molecule has 2 N–H and O–H groups in total. The van der Waals surface area contributed by atoms with E-state index >= 15 is 0 Å². The molecule has 1 heterocycles. The molecule has 1 aromatic heterocycles. The molecule has 0 bridgehead atoms. The Morgan fingerprint density at radius 1 is 1.12 bits per heavy atom. The first-order valence-corrected chi connectivity index (χ1v) is 5.42. The van der Waals surface area contributed by atoms with E-state index in [2.05, 4.69) is 0 Å². The minimum absolute atomic E-state index is 0.0508. The van der Waals surface area contributed by atoms with Crippen LogP contribution in [0.2, 0.25) is 0 Å². The van der Waals surface area contributed by atoms with Crippen molar-refractivity contribution in [2.75, 3.05) is 0 Å². The zero-order chi connectivity index (χ0) is 11.7. The lowest BCUT2D eigenvalue weighted by atomic mass is 10.1. The van der Waals surface area contributed by atoms with Gasteiger partial charge < -0.3 is 5.73 Å². The molecule has 1 nitrogen and oxygen atoms in total. The lowest BCUT2D eigenvalue weighted by Gasteiger charge is -2.01. The highest BCUT2D eigenvalue weighted by molar-refractivity contribution is 7.10. The van der Waals surface area contributed by atoms with Gasteiger partial charge in [0.15, 0.2) is 17.5 Å². The molecular weight excluding hydrogens is 235 g/mol. The molecule has 16 heavy (non-hydrogen) atoms. The van der Waals surface area contributed by atoms with Crippen LogP contribution in [0.25, 0.3) is 11.1 Å². The van der Waals surface area contributed by atoms with Crippen molar-refractivity contribution in [3.8, 4) is 11.1 Å². The predicted octanol–water partition coefficient (Wildman–Crippen LogP) is 3.29. The van der Waals surface area contributed by atoms with Crippen LogP contribution < -0.4 is 5.73 Å². The van der Waals surface area contributed by atoms with E-state index in [1.165, 1.54) is 17.4 Å². The third kappa shape index (κ3) is 1.83. The van der Waals surface area contributed by atoms with Crippen molar-refractivity contribution < 1.29 is 13.2 Å². The number of hydrogen-bond donors (Lipinski definition) is 1. The Labute approximate surface area is 94.3 Å². The minimum atomic E-state index is -1.45. The van der Waals surface area contributed by atoms with Gasteiger partial charge in [-0.3, -0.25) is 0 Å². The number of halogens is 3. The Hall–Kier alpha value is -1.33. The maximum Gasteiger partial charge on any atom is 0.195 e. The first kappa shape index (κ1) is 11.2. The van der Waals surface area contributed by atoms with Crippen LogP contribution in [0.4, 0.5) is 13.2 Å². The zero-order valence-corrected chi connectivity index (χ0v) is 8.95. The summed E-state index contributed by atoms with van der Waals surface area (Å²) in [6.07, 6.45) is 0. The largest absolute Gasteiger partial charge is 0.326 e. The fraction of sp³-hybridized carbons (Fsp3) is 0.0909. The van der Waals surface area contributed by atoms with Crippen LogP contribution in [0, 0.1) is 17.5 Å². The summed E-state index contributed by atoms with van der Waals surface area (Å²) in [6, 6.07) is 3.80. The monoisotopic (exact) mass is 243 g/mol. The van der Waals surface area contributed by atoms with Gasteiger partial charge in [-0.2, -0.15) is 0 Å². The summed E-state index contributed by atoms with van der Waals surface area (Å²) in [5.41, 5.74) is 5.98. The number of thiophene rings is 1. The fourth-order valence-electron chi connectivity index (χ4n) is 1.38. The second-order valence-corrected chi connectivity index (χ2v) is 4.22. The molecule has 2 aromatic rings. The summed E-state index contributed by atoms with van der Waals surface area (Å²) in [6.45, 7) is 0.343. The summed E-state index contributed by atoms with van der Waals surface area (Å²) in [5, 5.41) is 1.66. The molecule has 5 heteroatoms. The van der Waals surface area contributed by atoms with Crippen LogP contribution in [-0.2, 0) is 6.54 Å². The van der Waals surface area contributed by atoms with E-state index in [1.54, 1.807) is 11.4 Å². The molecule has 0 aliphatic rings. The number of benzene rings is 1. The first-order chi connectivity index (χ1) is 7.63. The summed E-state index contributed by atoms with van der Waals surface area (Å²) < 4.78 is 39.1. The summed E-state index contributed by atoms with van der Waals surface area (Å²) in [5.74, 6) is -3.80. The average molecular weight is 243 g/mol. The van der Waals surface area contributed by atoms with E-state index in [4.69, 9.17) is 5.73 Å². The number of rotatable bonds is 2. The third-order valence-corrected chi connectivity index (χ3v) is 3.16. The number of nitrogens with two attached hydrogens (primary N) is 1. The van der Waals surface area contributed by atoms with Crippen LogP contribution in [0.3, 0.4) is 0 Å². The molecule has 0 aliphatic carbocycles. The Morgan fingerprint density at radius 2 is 1.88 bits per heavy atom. The molecule has 0 unspecified atom stereocenters. The van der Waals surface area contributed by atoms with E-state index in [9.17, 15) is 13.2 Å². The van der Waals surface area contributed by atoms with Gasteiger partial charge in [0.1, 0.15) is 0 Å². The summed E-state index contributed by atoms with van der Waals surface area (Å²) in [7, 11) is 0. The smallest absolute Gasteiger partial charge is 0.195 e. The van der Waals surface area contributed by atoms with Crippen molar-refractivity contribution in [3.05, 3.63) is 45.9 Å². The molecule has 0 atom stereocenters. The van der Waals surface area contributed by atoms with Gasteiger partial charge in [0.2, 0.25) is 0 Å². The standard InChI is InChI=1S/C11H8F3NS/c12-9-2-1-8(10(13)11(9)14)6-3-7(4-15)16-5-6/h1-3,5H,4,15H2. The molecule has 0 aliphatic heterocycles. The minimum Gasteiger partial charge on any atom is -0.326 e. The Bertz CT molecular complexity index is 522. The fourth-order valence-corrected chi connectivity index (χ4v) is 2.14. The van der Waals surface area contributed by atoms with Gasteiger partial charge in [0.25, 0.3) is 0 Å². The summed E-state index contributed by atoms with van der Waals surface area (Å²) in [4.78, 5) is 0.860. The normalized spacial score (nSPS) is 10.8. The highest BCUT2D eigenvalue weighted by Crippen LogP contribution is 2.29. The molecule has 0 amide bonds. The highest BCUT2D eigenvalue weighted by Gasteiger charge is 2.15. The second kappa shape index (κ2) is 4.27. The lowest BCUT2D eigenvalue weighted by molar-refractivity contribution is 0.449. The van der Waals surface area contributed by atoms with Crippen LogP contribution in [-0.4, -0.2) is 0 Å². The molecule has 0 fully saturated rings. The van der Waals surface area contributed by atoms with Gasteiger partial charge in [-0.25, -0.2) is 13.2 Å². The maximum atomic E-state index is 13.4. The maximum absolute atomic E-state index is 13.4. The molecule has 0 saturated carbocycles. The molecule has 1 aromatic carbocycles. The summed E-state index contributed by atoms with van der Waals surface area (Å²) >= 11 is 1.36. The zero-order valence-electron chi connectivity index (χ0n) is 8.14. The second-order valence-electron chi connectivity index (χ2n) is 3.23. The van der Waals surface area contributed by atoms with Crippen molar-refractivity contribution in [1.29, 1.82) is 0 Å². The first-order valence-electron chi connectivity index (χ1n) is 4.55. The van der Waals surface area contributed by atoms with Gasteiger partial charge in [-0.15, -0.1) is 11.3 Å². The van der Waals surface area contributed by atoms with Crippen molar-refractivity contribution in [2.24, 2.45) is 5.73 Å². The Morgan fingerprint density at radius 3 is 2.50 bits per heavy atom. The lowest BCUT2D eigenvalue weighted by Crippen LogP contribution is -1.94. The van der Waals surface area contributed by atoms with E-state index in [0.717, 1.165) is 10.9 Å². The molecule has 84 valence electrons. The quantitative estimate of drug-likeness (QED) is 0.805. The van der Waals surface area contributed by atoms with Crippen molar-refractivity contribution in [1.82, 2.24) is 0 Å². The Kier molecular flexibility index (Phi) is 2.98. The third-order valence-electron chi connectivity index (χ3n) is 2.20. The molecule has 2 rings (SSSR count). The SMILES string of the molecule is NCc1cc(-c2ccc(F)c(F)c2F)cs1. The van der Waals surface area contributed by atoms with Crippen LogP contribution in [0.1, 0.15) is 4.88 Å². The predicted molar refractivity (Wildman–Crippen MR) is 57.5 cm³/mol. The molecular formula is C11H8F3NS. The highest BCUT2D eigenvalue weighted by atomic mass is 32.1. The van der Waals surface area contributed by atoms with Gasteiger partial charge >= 0.3 is 0 Å². The topological polar surface area (TPSA) is 26.0 Å². The van der Waals surface area contributed by atoms with E-state index in [-0.39, 0.29) is 5.56 Å². The van der Waals surface area contributed by atoms with Crippen molar-refractivity contribution >= 4 is 11.3 Å². The Balaban J connectivity index is 2.52. The van der Waals surface area contributed by atoms with Crippen molar-refractivity contribution in [2.45, 2.75) is 6.54 Å². The van der Waals surface area contributed by atoms with Crippen molar-refractivity contribution in [3.63, 3.8) is 0 Å². The molecule has 0 spiro atoms. The average Bonchev–Trinajstić information content (AvgIpc) is 2.74. The molecule has 0 saturated heterocycles. The van der Waals surface area contributed by atoms with Gasteiger partial charge in [-0.05, 0) is 29.1 Å². The van der Waals surface area contributed by atoms with Crippen LogP contribution in [0.15, 0.2) is 23.6 Å². The van der Waals surface area contributed by atoms with Gasteiger partial charge in [0.05, 0.1) is 0 Å². The van der Waals surface area contributed by atoms with Gasteiger partial charge in [-0.1, -0.05) is 0 Å². The van der Waals surface area contributed by atoms with Crippen LogP contribution in [0.5, 0.6) is 0 Å². The molecule has 0 radical (unpaired) electrons.